The zero-order valence-electron chi connectivity index (χ0n) is 12.2. The second-order valence-electron chi connectivity index (χ2n) is 6.04. The molecule has 1 heterocycles. The van der Waals surface area contributed by atoms with Gasteiger partial charge in [-0.15, -0.1) is 0 Å². The Bertz CT molecular complexity index is 485. The minimum atomic E-state index is -0.619. The summed E-state index contributed by atoms with van der Waals surface area (Å²) in [5.74, 6) is 1.40. The third-order valence-electron chi connectivity index (χ3n) is 4.36. The van der Waals surface area contributed by atoms with Crippen molar-refractivity contribution in [3.8, 4) is 11.5 Å². The highest BCUT2D eigenvalue weighted by atomic mass is 16.7. The fraction of sp³-hybridized carbons (Fsp3) is 0.625. The fourth-order valence-corrected chi connectivity index (χ4v) is 3.07. The molecule has 21 heavy (non-hydrogen) atoms. The van der Waals surface area contributed by atoms with E-state index >= 15 is 0 Å². The highest BCUT2D eigenvalue weighted by Crippen LogP contribution is 2.34. The van der Waals surface area contributed by atoms with Crippen LogP contribution in [0.15, 0.2) is 18.2 Å². The second kappa shape index (κ2) is 6.22. The van der Waals surface area contributed by atoms with Crippen LogP contribution in [0.2, 0.25) is 0 Å². The zero-order valence-corrected chi connectivity index (χ0v) is 12.2. The van der Waals surface area contributed by atoms with Gasteiger partial charge in [0.2, 0.25) is 6.79 Å². The molecular weight excluding hydrogens is 270 g/mol. The van der Waals surface area contributed by atoms with E-state index in [1.54, 1.807) is 0 Å². The number of aliphatic hydroxyl groups is 2. The van der Waals surface area contributed by atoms with Crippen molar-refractivity contribution in [1.29, 1.82) is 0 Å². The van der Waals surface area contributed by atoms with Crippen LogP contribution in [0.1, 0.15) is 43.8 Å². The molecule has 1 aromatic rings. The molecule has 1 unspecified atom stereocenters. The normalized spacial score (nSPS) is 21.2. The predicted molar refractivity (Wildman–Crippen MR) is 78.4 cm³/mol. The van der Waals surface area contributed by atoms with E-state index in [1.807, 2.05) is 18.2 Å². The first kappa shape index (κ1) is 14.6. The van der Waals surface area contributed by atoms with Gasteiger partial charge < -0.3 is 25.0 Å². The molecule has 2 aliphatic rings. The number of aliphatic hydroxyl groups excluding tert-OH is 1. The minimum absolute atomic E-state index is 0.236. The molecule has 1 saturated carbocycles. The summed E-state index contributed by atoms with van der Waals surface area (Å²) in [7, 11) is 0. The van der Waals surface area contributed by atoms with Crippen LogP contribution in [0, 0.1) is 0 Å². The number of hydrogen-bond donors (Lipinski definition) is 3. The number of benzene rings is 1. The molecule has 0 saturated heterocycles. The van der Waals surface area contributed by atoms with Crippen LogP contribution >= 0.6 is 0 Å². The van der Waals surface area contributed by atoms with Gasteiger partial charge in [0.15, 0.2) is 11.5 Å². The lowest BCUT2D eigenvalue weighted by Gasteiger charge is -2.32. The molecule has 0 aromatic heterocycles. The van der Waals surface area contributed by atoms with E-state index < -0.39 is 11.7 Å². The Morgan fingerprint density at radius 3 is 2.71 bits per heavy atom. The van der Waals surface area contributed by atoms with Crippen molar-refractivity contribution in [2.75, 3.05) is 19.9 Å². The number of fused-ring (bicyclic) bond motifs is 1. The van der Waals surface area contributed by atoms with Crippen molar-refractivity contribution >= 4 is 0 Å². The van der Waals surface area contributed by atoms with Gasteiger partial charge in [-0.3, -0.25) is 0 Å². The molecule has 5 nitrogen and oxygen atoms in total. The highest BCUT2D eigenvalue weighted by Gasteiger charge is 2.28. The van der Waals surface area contributed by atoms with Gasteiger partial charge in [0.1, 0.15) is 0 Å². The summed E-state index contributed by atoms with van der Waals surface area (Å²) in [6.45, 7) is 1.19. The van der Waals surface area contributed by atoms with Crippen molar-refractivity contribution in [2.45, 2.75) is 43.8 Å². The summed E-state index contributed by atoms with van der Waals surface area (Å²) < 4.78 is 10.6. The van der Waals surface area contributed by atoms with E-state index in [4.69, 9.17) is 9.47 Å². The molecule has 5 heteroatoms. The lowest BCUT2D eigenvalue weighted by atomic mass is 9.85. The Labute approximate surface area is 124 Å². The van der Waals surface area contributed by atoms with Gasteiger partial charge in [0.25, 0.3) is 0 Å². The maximum absolute atomic E-state index is 10.4. The smallest absolute Gasteiger partial charge is 0.231 e. The van der Waals surface area contributed by atoms with Gasteiger partial charge in [-0.2, -0.15) is 0 Å². The second-order valence-corrected chi connectivity index (χ2v) is 6.04. The molecule has 3 rings (SSSR count). The van der Waals surface area contributed by atoms with E-state index in [2.05, 4.69) is 5.32 Å². The molecule has 116 valence electrons. The van der Waals surface area contributed by atoms with Crippen LogP contribution in [0.4, 0.5) is 0 Å². The third kappa shape index (κ3) is 3.48. The summed E-state index contributed by atoms with van der Waals surface area (Å²) >= 11 is 0. The maximum atomic E-state index is 10.4. The molecule has 1 aliphatic heterocycles. The number of ether oxygens (including phenoxy) is 2. The van der Waals surface area contributed by atoms with Crippen LogP contribution in [0.5, 0.6) is 11.5 Å². The summed E-state index contributed by atoms with van der Waals surface area (Å²) in [6.07, 6.45) is 4.46. The molecule has 0 radical (unpaired) electrons. The SMILES string of the molecule is OC(CNCC1(O)CCCCC1)c1ccc2c(c1)OCO2. The first-order valence-corrected chi connectivity index (χ1v) is 7.67. The standard InChI is InChI=1S/C16H23NO4/c18-13(9-17-10-16(19)6-2-1-3-7-16)12-4-5-14-15(8-12)21-11-20-14/h4-5,8,13,17-19H,1-3,6-7,9-11H2. The quantitative estimate of drug-likeness (QED) is 0.771. The molecule has 1 fully saturated rings. The predicted octanol–water partition coefficient (Wildman–Crippen LogP) is 1.73. The van der Waals surface area contributed by atoms with Crippen molar-refractivity contribution in [1.82, 2.24) is 5.32 Å². The van der Waals surface area contributed by atoms with E-state index in [0.29, 0.717) is 18.8 Å². The van der Waals surface area contributed by atoms with Crippen LogP contribution in [0.3, 0.4) is 0 Å². The Kier molecular flexibility index (Phi) is 4.33. The largest absolute Gasteiger partial charge is 0.454 e. The average molecular weight is 293 g/mol. The summed E-state index contributed by atoms with van der Waals surface area (Å²) in [5, 5.41) is 23.8. The number of rotatable bonds is 5. The molecule has 0 spiro atoms. The zero-order chi connectivity index (χ0) is 14.7. The fourth-order valence-electron chi connectivity index (χ4n) is 3.07. The lowest BCUT2D eigenvalue weighted by Crippen LogP contribution is -2.43. The first-order chi connectivity index (χ1) is 10.2. The first-order valence-electron chi connectivity index (χ1n) is 7.67. The Balaban J connectivity index is 1.51. The van der Waals surface area contributed by atoms with Gasteiger partial charge >= 0.3 is 0 Å². The van der Waals surface area contributed by atoms with Gasteiger partial charge in [-0.25, -0.2) is 0 Å². The van der Waals surface area contributed by atoms with Crippen LogP contribution in [-0.2, 0) is 0 Å². The Hall–Kier alpha value is -1.30. The monoisotopic (exact) mass is 293 g/mol. The maximum Gasteiger partial charge on any atom is 0.231 e. The Morgan fingerprint density at radius 2 is 1.90 bits per heavy atom. The van der Waals surface area contributed by atoms with E-state index in [0.717, 1.165) is 37.0 Å². The van der Waals surface area contributed by atoms with Crippen molar-refractivity contribution in [3.05, 3.63) is 23.8 Å². The third-order valence-corrected chi connectivity index (χ3v) is 4.36. The average Bonchev–Trinajstić information content (AvgIpc) is 2.95. The molecular formula is C16H23NO4. The number of hydrogen-bond acceptors (Lipinski definition) is 5. The lowest BCUT2D eigenvalue weighted by molar-refractivity contribution is 0.00263. The molecule has 1 aliphatic carbocycles. The molecule has 0 bridgehead atoms. The summed E-state index contributed by atoms with van der Waals surface area (Å²) in [5.41, 5.74) is 0.190. The van der Waals surface area contributed by atoms with Gasteiger partial charge in [0.05, 0.1) is 11.7 Å². The molecule has 0 amide bonds. The van der Waals surface area contributed by atoms with Gasteiger partial charge in [-0.1, -0.05) is 25.3 Å². The summed E-state index contributed by atoms with van der Waals surface area (Å²) in [4.78, 5) is 0. The van der Waals surface area contributed by atoms with Crippen molar-refractivity contribution in [2.24, 2.45) is 0 Å². The van der Waals surface area contributed by atoms with Crippen molar-refractivity contribution in [3.63, 3.8) is 0 Å². The van der Waals surface area contributed by atoms with E-state index in [9.17, 15) is 10.2 Å². The van der Waals surface area contributed by atoms with E-state index in [1.165, 1.54) is 6.42 Å². The highest BCUT2D eigenvalue weighted by molar-refractivity contribution is 5.45. The number of nitrogens with one attached hydrogen (secondary N) is 1. The molecule has 1 aromatic carbocycles. The minimum Gasteiger partial charge on any atom is -0.454 e. The summed E-state index contributed by atoms with van der Waals surface area (Å²) in [6, 6.07) is 5.47. The van der Waals surface area contributed by atoms with Crippen molar-refractivity contribution < 1.29 is 19.7 Å². The van der Waals surface area contributed by atoms with Crippen LogP contribution in [-0.4, -0.2) is 35.7 Å². The topological polar surface area (TPSA) is 71.0 Å². The van der Waals surface area contributed by atoms with Gasteiger partial charge in [0, 0.05) is 13.1 Å². The Morgan fingerprint density at radius 1 is 1.14 bits per heavy atom. The van der Waals surface area contributed by atoms with Crippen LogP contribution in [0.25, 0.3) is 0 Å². The van der Waals surface area contributed by atoms with Gasteiger partial charge in [-0.05, 0) is 30.5 Å². The van der Waals surface area contributed by atoms with Crippen LogP contribution < -0.4 is 14.8 Å². The molecule has 1 atom stereocenters. The molecule has 3 N–H and O–H groups in total. The van der Waals surface area contributed by atoms with E-state index in [-0.39, 0.29) is 6.79 Å².